The van der Waals surface area contributed by atoms with Crippen molar-refractivity contribution in [2.24, 2.45) is 0 Å². The molecular formula is C24H18N4O3S. The predicted molar refractivity (Wildman–Crippen MR) is 123 cm³/mol. The fraction of sp³-hybridized carbons (Fsp3) is 0.125. The van der Waals surface area contributed by atoms with E-state index >= 15 is 0 Å². The number of fused-ring (bicyclic) bond motifs is 3. The molecule has 3 heterocycles. The predicted octanol–water partition coefficient (Wildman–Crippen LogP) is 4.79. The second-order valence-electron chi connectivity index (χ2n) is 7.21. The van der Waals surface area contributed by atoms with Gasteiger partial charge in [0, 0.05) is 10.9 Å². The number of nitrogens with one attached hydrogen (secondary N) is 2. The average molecular weight is 443 g/mol. The van der Waals surface area contributed by atoms with Crippen LogP contribution in [0.5, 0.6) is 11.6 Å². The number of carbonyl (C=O) groups is 1. The Balaban J connectivity index is 1.77. The van der Waals surface area contributed by atoms with E-state index in [-0.39, 0.29) is 17.5 Å². The molecule has 0 spiro atoms. The number of pyridine rings is 1. The Kier molecular flexibility index (Phi) is 4.88. The summed E-state index contributed by atoms with van der Waals surface area (Å²) in [5.74, 6) is 0.181. The van der Waals surface area contributed by atoms with Crippen LogP contribution in [0, 0.1) is 11.3 Å². The molecule has 0 saturated carbocycles. The van der Waals surface area contributed by atoms with E-state index in [4.69, 9.17) is 4.74 Å². The van der Waals surface area contributed by atoms with Crippen LogP contribution in [0.4, 0.5) is 5.69 Å². The number of rotatable bonds is 4. The molecule has 2 aromatic carbocycles. The Morgan fingerprint density at radius 3 is 2.59 bits per heavy atom. The zero-order valence-electron chi connectivity index (χ0n) is 17.0. The third-order valence-corrected chi connectivity index (χ3v) is 6.34. The summed E-state index contributed by atoms with van der Waals surface area (Å²) in [5.41, 5.74) is 3.29. The largest absolute Gasteiger partial charge is 0.508 e. The molecule has 8 heteroatoms. The lowest BCUT2D eigenvalue weighted by Crippen LogP contribution is -2.37. The maximum atomic E-state index is 13.0. The number of hydrogen-bond donors (Lipinski definition) is 3. The van der Waals surface area contributed by atoms with Gasteiger partial charge in [0.05, 0.1) is 12.3 Å². The van der Waals surface area contributed by atoms with Crippen LogP contribution < -0.4 is 15.4 Å². The van der Waals surface area contributed by atoms with Gasteiger partial charge < -0.3 is 20.5 Å². The van der Waals surface area contributed by atoms with Gasteiger partial charge in [-0.3, -0.25) is 4.79 Å². The number of amides is 1. The Labute approximate surface area is 187 Å². The van der Waals surface area contributed by atoms with Gasteiger partial charge in [0.1, 0.15) is 33.3 Å². The van der Waals surface area contributed by atoms with Crippen LogP contribution in [0.25, 0.3) is 21.3 Å². The van der Waals surface area contributed by atoms with Crippen molar-refractivity contribution in [2.45, 2.75) is 13.1 Å². The van der Waals surface area contributed by atoms with Crippen molar-refractivity contribution in [2.75, 3.05) is 11.9 Å². The second-order valence-corrected chi connectivity index (χ2v) is 8.21. The molecule has 0 radical (unpaired) electrons. The summed E-state index contributed by atoms with van der Waals surface area (Å²) >= 11 is 1.26. The first-order chi connectivity index (χ1) is 15.6. The molecule has 1 amide bonds. The third kappa shape index (κ3) is 3.20. The monoisotopic (exact) mass is 442 g/mol. The molecule has 32 heavy (non-hydrogen) atoms. The van der Waals surface area contributed by atoms with E-state index < -0.39 is 6.17 Å². The number of anilines is 1. The molecule has 1 unspecified atom stereocenters. The highest BCUT2D eigenvalue weighted by atomic mass is 32.1. The topological polar surface area (TPSA) is 107 Å². The Hall–Kier alpha value is -4.09. The molecule has 0 aliphatic carbocycles. The number of aromatic hydroxyl groups is 1. The summed E-state index contributed by atoms with van der Waals surface area (Å²) < 4.78 is 5.69. The molecule has 1 atom stereocenters. The van der Waals surface area contributed by atoms with Crippen LogP contribution in [0.3, 0.4) is 0 Å². The van der Waals surface area contributed by atoms with Crippen molar-refractivity contribution in [1.82, 2.24) is 10.3 Å². The zero-order chi connectivity index (χ0) is 22.2. The van der Waals surface area contributed by atoms with Crippen LogP contribution in [-0.2, 0) is 0 Å². The molecule has 158 valence electrons. The van der Waals surface area contributed by atoms with E-state index in [9.17, 15) is 15.2 Å². The van der Waals surface area contributed by atoms with Crippen molar-refractivity contribution < 1.29 is 14.6 Å². The molecule has 1 aliphatic heterocycles. The van der Waals surface area contributed by atoms with Crippen LogP contribution >= 0.6 is 11.3 Å². The number of thiophene rings is 1. The van der Waals surface area contributed by atoms with Crippen molar-refractivity contribution in [1.29, 1.82) is 5.26 Å². The number of aromatic nitrogens is 1. The van der Waals surface area contributed by atoms with Gasteiger partial charge in [-0.1, -0.05) is 42.5 Å². The fourth-order valence-corrected chi connectivity index (χ4v) is 4.90. The standard InChI is InChI=1S/C24H18N4O3S/c1-2-31-23-16(12-25)17(13-6-4-3-5-7-13)18-19-20(32-24(18)28-23)22(30)27-21(26-19)14-8-10-15(29)11-9-14/h3-11,21,26,29H,2H2,1H3,(H,27,30). The van der Waals surface area contributed by atoms with Gasteiger partial charge in [-0.15, -0.1) is 11.3 Å². The molecule has 0 bridgehead atoms. The maximum absolute atomic E-state index is 13.0. The highest BCUT2D eigenvalue weighted by Crippen LogP contribution is 2.47. The van der Waals surface area contributed by atoms with E-state index in [1.165, 1.54) is 11.3 Å². The minimum absolute atomic E-state index is 0.148. The molecule has 7 nitrogen and oxygen atoms in total. The van der Waals surface area contributed by atoms with E-state index in [2.05, 4.69) is 21.7 Å². The lowest BCUT2D eigenvalue weighted by Gasteiger charge is -2.27. The van der Waals surface area contributed by atoms with Crippen molar-refractivity contribution >= 4 is 33.1 Å². The lowest BCUT2D eigenvalue weighted by molar-refractivity contribution is 0.0940. The quantitative estimate of drug-likeness (QED) is 0.419. The maximum Gasteiger partial charge on any atom is 0.265 e. The van der Waals surface area contributed by atoms with Gasteiger partial charge in [0.25, 0.3) is 5.91 Å². The van der Waals surface area contributed by atoms with Crippen molar-refractivity contribution in [3.63, 3.8) is 0 Å². The Bertz CT molecular complexity index is 1370. The van der Waals surface area contributed by atoms with Gasteiger partial charge in [-0.2, -0.15) is 5.26 Å². The van der Waals surface area contributed by atoms with Gasteiger partial charge in [-0.25, -0.2) is 4.98 Å². The summed E-state index contributed by atoms with van der Waals surface area (Å²) in [7, 11) is 0. The van der Waals surface area contributed by atoms with Crippen LogP contribution in [0.15, 0.2) is 54.6 Å². The zero-order valence-corrected chi connectivity index (χ0v) is 17.9. The minimum atomic E-state index is -0.492. The van der Waals surface area contributed by atoms with Crippen molar-refractivity contribution in [3.05, 3.63) is 70.6 Å². The summed E-state index contributed by atoms with van der Waals surface area (Å²) in [6.45, 7) is 2.21. The van der Waals surface area contributed by atoms with E-state index in [0.717, 1.165) is 16.5 Å². The van der Waals surface area contributed by atoms with Crippen molar-refractivity contribution in [3.8, 4) is 28.8 Å². The lowest BCUT2D eigenvalue weighted by atomic mass is 9.97. The fourth-order valence-electron chi connectivity index (χ4n) is 3.86. The molecule has 1 aliphatic rings. The molecule has 0 saturated heterocycles. The first kappa shape index (κ1) is 19.8. The number of hydrogen-bond acceptors (Lipinski definition) is 7. The smallest absolute Gasteiger partial charge is 0.265 e. The number of nitriles is 1. The number of carbonyl (C=O) groups excluding carboxylic acids is 1. The summed E-state index contributed by atoms with van der Waals surface area (Å²) in [6, 6.07) is 18.5. The normalized spacial score (nSPS) is 14.9. The molecule has 3 N–H and O–H groups in total. The number of benzene rings is 2. The van der Waals surface area contributed by atoms with E-state index in [1.54, 1.807) is 24.3 Å². The SMILES string of the molecule is CCOc1nc2sc3c(c2c(-c2ccccc2)c1C#N)NC(c1ccc(O)cc1)NC3=O. The van der Waals surface area contributed by atoms with Crippen LogP contribution in [0.1, 0.15) is 33.9 Å². The number of phenols is 1. The summed E-state index contributed by atoms with van der Waals surface area (Å²) in [5, 5.41) is 26.7. The molecule has 5 rings (SSSR count). The van der Waals surface area contributed by atoms with Gasteiger partial charge in [0.15, 0.2) is 0 Å². The average Bonchev–Trinajstić information content (AvgIpc) is 3.18. The van der Waals surface area contributed by atoms with Gasteiger partial charge >= 0.3 is 0 Å². The van der Waals surface area contributed by atoms with Gasteiger partial charge in [0.2, 0.25) is 5.88 Å². The number of nitrogens with zero attached hydrogens (tertiary/aromatic N) is 2. The van der Waals surface area contributed by atoms with E-state index in [1.807, 2.05) is 37.3 Å². The second kappa shape index (κ2) is 7.87. The highest BCUT2D eigenvalue weighted by Gasteiger charge is 2.32. The van der Waals surface area contributed by atoms with E-state index in [0.29, 0.717) is 33.1 Å². The molecule has 2 aromatic heterocycles. The minimum Gasteiger partial charge on any atom is -0.508 e. The number of ether oxygens (including phenoxy) is 1. The van der Waals surface area contributed by atoms with Gasteiger partial charge in [-0.05, 0) is 30.2 Å². The summed E-state index contributed by atoms with van der Waals surface area (Å²) in [4.78, 5) is 18.7. The van der Waals surface area contributed by atoms with Crippen LogP contribution in [0.2, 0.25) is 0 Å². The third-order valence-electron chi connectivity index (χ3n) is 5.26. The first-order valence-corrected chi connectivity index (χ1v) is 10.9. The van der Waals surface area contributed by atoms with Crippen LogP contribution in [-0.4, -0.2) is 22.6 Å². The number of phenolic OH excluding ortho intramolecular Hbond substituents is 1. The Morgan fingerprint density at radius 1 is 1.16 bits per heavy atom. The first-order valence-electron chi connectivity index (χ1n) is 10.1. The Morgan fingerprint density at radius 2 is 1.91 bits per heavy atom. The molecular weight excluding hydrogens is 424 g/mol. The highest BCUT2D eigenvalue weighted by molar-refractivity contribution is 7.21. The summed E-state index contributed by atoms with van der Waals surface area (Å²) in [6.07, 6.45) is -0.492. The molecule has 4 aromatic rings. The molecule has 0 fully saturated rings.